The molecule has 0 radical (unpaired) electrons. The van der Waals surface area contributed by atoms with Gasteiger partial charge in [0.1, 0.15) is 0 Å². The van der Waals surface area contributed by atoms with E-state index in [2.05, 4.69) is 27.9 Å². The minimum Gasteiger partial charge on any atom is -0.356 e. The first-order valence-corrected chi connectivity index (χ1v) is 3.86. The highest BCUT2D eigenvalue weighted by molar-refractivity contribution is 14.1. The number of hydrogen-bond donors (Lipinski definition) is 1. The van der Waals surface area contributed by atoms with E-state index in [0.717, 1.165) is 10.0 Å². The fourth-order valence-electron chi connectivity index (χ4n) is 0.316. The Labute approximate surface area is 68.8 Å². The molecule has 1 amide bonds. The summed E-state index contributed by atoms with van der Waals surface area (Å²) in [5, 5.41) is 2.51. The van der Waals surface area contributed by atoms with Gasteiger partial charge in [0.15, 0.2) is 0 Å². The van der Waals surface area contributed by atoms with Gasteiger partial charge >= 0.3 is 0 Å². The third-order valence-corrected chi connectivity index (χ3v) is 1.95. The average Bonchev–Trinajstić information content (AvgIpc) is 1.87. The van der Waals surface area contributed by atoms with Crippen molar-refractivity contribution in [1.82, 2.24) is 5.32 Å². The Hall–Kier alpha value is -0.0600. The molecule has 0 saturated heterocycles. The summed E-state index contributed by atoms with van der Waals surface area (Å²) in [4.78, 5) is 10.6. The van der Waals surface area contributed by atoms with Gasteiger partial charge in [-0.25, -0.2) is 0 Å². The number of carbonyl (C=O) groups is 1. The van der Waals surface area contributed by atoms with Gasteiger partial charge in [0.25, 0.3) is 0 Å². The number of hydrogen-bond acceptors (Lipinski definition) is 1. The highest BCUT2D eigenvalue weighted by Gasteiger charge is 1.91. The Balaban J connectivity index is 3.79. The highest BCUT2D eigenvalue weighted by atomic mass is 127. The van der Waals surface area contributed by atoms with E-state index in [1.54, 1.807) is 13.1 Å². The number of nitrogens with one attached hydrogen (secondary N) is 1. The SMILES string of the molecule is CC/C(I)=C/C(=O)NC. The van der Waals surface area contributed by atoms with Gasteiger partial charge in [0.2, 0.25) is 5.91 Å². The van der Waals surface area contributed by atoms with Crippen molar-refractivity contribution >= 4 is 28.5 Å². The molecule has 2 nitrogen and oxygen atoms in total. The van der Waals surface area contributed by atoms with Crippen LogP contribution >= 0.6 is 22.6 Å². The molecule has 0 rings (SSSR count). The molecule has 9 heavy (non-hydrogen) atoms. The molecular weight excluding hydrogens is 229 g/mol. The summed E-state index contributed by atoms with van der Waals surface area (Å²) < 4.78 is 1.08. The maximum atomic E-state index is 10.6. The average molecular weight is 239 g/mol. The van der Waals surface area contributed by atoms with Gasteiger partial charge < -0.3 is 5.32 Å². The minimum absolute atomic E-state index is 0.0266. The van der Waals surface area contributed by atoms with E-state index in [4.69, 9.17) is 0 Å². The first kappa shape index (κ1) is 8.94. The summed E-state index contributed by atoms with van der Waals surface area (Å²) in [6.07, 6.45) is 2.52. The van der Waals surface area contributed by atoms with Crippen LogP contribution in [-0.4, -0.2) is 13.0 Å². The molecule has 52 valence electrons. The van der Waals surface area contributed by atoms with E-state index in [1.807, 2.05) is 6.92 Å². The van der Waals surface area contributed by atoms with Crippen LogP contribution in [0.2, 0.25) is 0 Å². The molecular formula is C6H10INO. The third-order valence-electron chi connectivity index (χ3n) is 0.872. The lowest BCUT2D eigenvalue weighted by molar-refractivity contribution is -0.116. The molecule has 0 aliphatic carbocycles. The Morgan fingerprint density at radius 3 is 2.67 bits per heavy atom. The zero-order chi connectivity index (χ0) is 7.28. The van der Waals surface area contributed by atoms with Crippen molar-refractivity contribution in [1.29, 1.82) is 0 Å². The van der Waals surface area contributed by atoms with Crippen molar-refractivity contribution in [3.8, 4) is 0 Å². The first-order valence-electron chi connectivity index (χ1n) is 2.78. The van der Waals surface area contributed by atoms with Gasteiger partial charge in [-0.15, -0.1) is 0 Å². The molecule has 0 unspecified atom stereocenters. The van der Waals surface area contributed by atoms with Gasteiger partial charge in [-0.05, 0) is 32.6 Å². The summed E-state index contributed by atoms with van der Waals surface area (Å²) in [5.74, 6) is -0.0266. The lowest BCUT2D eigenvalue weighted by atomic mass is 10.4. The van der Waals surface area contributed by atoms with Crippen LogP contribution < -0.4 is 5.32 Å². The van der Waals surface area contributed by atoms with E-state index < -0.39 is 0 Å². The quantitative estimate of drug-likeness (QED) is 0.573. The molecule has 0 spiro atoms. The highest BCUT2D eigenvalue weighted by Crippen LogP contribution is 2.08. The van der Waals surface area contributed by atoms with Crippen molar-refractivity contribution in [3.05, 3.63) is 9.66 Å². The van der Waals surface area contributed by atoms with Crippen LogP contribution in [0.1, 0.15) is 13.3 Å². The van der Waals surface area contributed by atoms with E-state index >= 15 is 0 Å². The maximum absolute atomic E-state index is 10.6. The van der Waals surface area contributed by atoms with Gasteiger partial charge in [0, 0.05) is 13.1 Å². The van der Waals surface area contributed by atoms with Crippen LogP contribution in [0.25, 0.3) is 0 Å². The number of likely N-dealkylation sites (N-methyl/N-ethyl adjacent to an activating group) is 1. The fraction of sp³-hybridized carbons (Fsp3) is 0.500. The number of allylic oxidation sites excluding steroid dienone is 1. The normalized spacial score (nSPS) is 11.2. The molecule has 0 aliphatic heterocycles. The van der Waals surface area contributed by atoms with Crippen molar-refractivity contribution in [2.24, 2.45) is 0 Å². The Morgan fingerprint density at radius 1 is 1.78 bits per heavy atom. The van der Waals surface area contributed by atoms with E-state index in [-0.39, 0.29) is 5.91 Å². The van der Waals surface area contributed by atoms with Crippen molar-refractivity contribution in [2.75, 3.05) is 7.05 Å². The topological polar surface area (TPSA) is 29.1 Å². The van der Waals surface area contributed by atoms with Gasteiger partial charge in [0.05, 0.1) is 0 Å². The Bertz CT molecular complexity index is 131. The van der Waals surface area contributed by atoms with E-state index in [1.165, 1.54) is 0 Å². The van der Waals surface area contributed by atoms with Crippen LogP contribution in [-0.2, 0) is 4.79 Å². The Kier molecular flexibility index (Phi) is 4.75. The van der Waals surface area contributed by atoms with Crippen LogP contribution in [0.4, 0.5) is 0 Å². The van der Waals surface area contributed by atoms with Gasteiger partial charge in [-0.1, -0.05) is 6.92 Å². The van der Waals surface area contributed by atoms with Gasteiger partial charge in [-0.3, -0.25) is 4.79 Å². The summed E-state index contributed by atoms with van der Waals surface area (Å²) in [5.41, 5.74) is 0. The van der Waals surface area contributed by atoms with Gasteiger partial charge in [-0.2, -0.15) is 0 Å². The number of rotatable bonds is 2. The van der Waals surface area contributed by atoms with Crippen molar-refractivity contribution in [3.63, 3.8) is 0 Å². The number of halogens is 1. The van der Waals surface area contributed by atoms with Crippen LogP contribution in [0.5, 0.6) is 0 Å². The zero-order valence-electron chi connectivity index (χ0n) is 5.57. The maximum Gasteiger partial charge on any atom is 0.244 e. The first-order chi connectivity index (χ1) is 4.20. The van der Waals surface area contributed by atoms with Crippen LogP contribution in [0.15, 0.2) is 9.66 Å². The number of amides is 1. The van der Waals surface area contributed by atoms with E-state index in [0.29, 0.717) is 0 Å². The second-order valence-electron chi connectivity index (χ2n) is 1.56. The molecule has 0 saturated carbocycles. The second-order valence-corrected chi connectivity index (χ2v) is 2.94. The fourth-order valence-corrected chi connectivity index (χ4v) is 0.599. The summed E-state index contributed by atoms with van der Waals surface area (Å²) >= 11 is 2.14. The summed E-state index contributed by atoms with van der Waals surface area (Å²) in [6.45, 7) is 2.02. The molecule has 3 heteroatoms. The molecule has 0 heterocycles. The lowest BCUT2D eigenvalue weighted by Crippen LogP contribution is -2.14. The van der Waals surface area contributed by atoms with E-state index in [9.17, 15) is 4.79 Å². The molecule has 1 N–H and O–H groups in total. The zero-order valence-corrected chi connectivity index (χ0v) is 7.73. The predicted octanol–water partition coefficient (Wildman–Crippen LogP) is 1.46. The molecule has 0 bridgehead atoms. The smallest absolute Gasteiger partial charge is 0.244 e. The predicted molar refractivity (Wildman–Crippen MR) is 46.5 cm³/mol. The minimum atomic E-state index is -0.0266. The lowest BCUT2D eigenvalue weighted by Gasteiger charge is -1.91. The molecule has 0 aliphatic rings. The van der Waals surface area contributed by atoms with Crippen LogP contribution in [0.3, 0.4) is 0 Å². The number of carbonyl (C=O) groups excluding carboxylic acids is 1. The molecule has 0 aromatic rings. The third kappa shape index (κ3) is 4.44. The molecule has 0 atom stereocenters. The monoisotopic (exact) mass is 239 g/mol. The standard InChI is InChI=1S/C6H10INO/c1-3-5(7)4-6(9)8-2/h4H,3H2,1-2H3,(H,8,9)/b5-4-. The van der Waals surface area contributed by atoms with Crippen LogP contribution in [0, 0.1) is 0 Å². The largest absolute Gasteiger partial charge is 0.356 e. The second kappa shape index (κ2) is 4.78. The molecule has 0 aromatic carbocycles. The summed E-state index contributed by atoms with van der Waals surface area (Å²) in [6, 6.07) is 0. The van der Waals surface area contributed by atoms with Crippen molar-refractivity contribution in [2.45, 2.75) is 13.3 Å². The van der Waals surface area contributed by atoms with Crippen molar-refractivity contribution < 1.29 is 4.79 Å². The molecule has 0 fully saturated rings. The molecule has 0 aromatic heterocycles. The Morgan fingerprint density at radius 2 is 2.33 bits per heavy atom. The summed E-state index contributed by atoms with van der Waals surface area (Å²) in [7, 11) is 1.62.